The van der Waals surface area contributed by atoms with Gasteiger partial charge in [-0.05, 0) is 32.1 Å². The molecule has 118 valence electrons. The Kier molecular flexibility index (Phi) is 3.05. The maximum atomic E-state index is 12.5. The molecule has 4 aliphatic carbocycles. The van der Waals surface area contributed by atoms with Crippen LogP contribution in [0.25, 0.3) is 0 Å². The van der Waals surface area contributed by atoms with Crippen molar-refractivity contribution < 1.29 is 23.9 Å². The molecule has 0 spiro atoms. The van der Waals surface area contributed by atoms with Gasteiger partial charge in [0.05, 0.1) is 12.0 Å². The minimum Gasteiger partial charge on any atom is -0.438 e. The molecule has 0 radical (unpaired) electrons. The molecule has 7 unspecified atom stereocenters. The summed E-state index contributed by atoms with van der Waals surface area (Å²) < 4.78 is 10.4. The number of allylic oxidation sites excluding steroid dienone is 2. The first-order chi connectivity index (χ1) is 10.5. The lowest BCUT2D eigenvalue weighted by Gasteiger charge is -2.33. The summed E-state index contributed by atoms with van der Waals surface area (Å²) in [6.45, 7) is 3.66. The fourth-order valence-electron chi connectivity index (χ4n) is 5.11. The first-order valence-corrected chi connectivity index (χ1v) is 8.04. The maximum absolute atomic E-state index is 12.5. The van der Waals surface area contributed by atoms with E-state index in [4.69, 9.17) is 9.47 Å². The molecular weight excluding hydrogens is 284 g/mol. The van der Waals surface area contributed by atoms with Crippen molar-refractivity contribution in [3.05, 3.63) is 12.2 Å². The van der Waals surface area contributed by atoms with E-state index in [1.165, 1.54) is 0 Å². The van der Waals surface area contributed by atoms with E-state index in [2.05, 4.69) is 0 Å². The highest BCUT2D eigenvalue weighted by atomic mass is 16.7. The first kappa shape index (κ1) is 14.1. The maximum Gasteiger partial charge on any atom is 0.311 e. The van der Waals surface area contributed by atoms with Crippen LogP contribution in [0.2, 0.25) is 0 Å². The van der Waals surface area contributed by atoms with Gasteiger partial charge in [-0.15, -0.1) is 0 Å². The lowest BCUT2D eigenvalue weighted by Crippen LogP contribution is -2.36. The highest BCUT2D eigenvalue weighted by molar-refractivity contribution is 6.01. The Hall–Kier alpha value is -1.49. The van der Waals surface area contributed by atoms with E-state index < -0.39 is 5.92 Å². The van der Waals surface area contributed by atoms with Crippen LogP contribution in [-0.2, 0) is 23.9 Å². The summed E-state index contributed by atoms with van der Waals surface area (Å²) in [6.07, 6.45) is 4.43. The van der Waals surface area contributed by atoms with Gasteiger partial charge < -0.3 is 9.47 Å². The molecular formula is C17H20O5. The molecule has 4 bridgehead atoms. The molecule has 3 fully saturated rings. The van der Waals surface area contributed by atoms with Crippen LogP contribution in [0.15, 0.2) is 12.2 Å². The number of esters is 1. The standard InChI is InChI=1S/C17H20O5/c1-7(2)21-6-22-17(20)11-5-10-12-8-3-4-9(15(8)18)13(12)14(11)16(10)19/h3-4,7-14H,5-6H2,1-2H3. The number of carbonyl (C=O) groups is 3. The van der Waals surface area contributed by atoms with Gasteiger partial charge in [-0.25, -0.2) is 0 Å². The van der Waals surface area contributed by atoms with Crippen LogP contribution in [-0.4, -0.2) is 30.4 Å². The molecule has 0 amide bonds. The summed E-state index contributed by atoms with van der Waals surface area (Å²) in [5.41, 5.74) is 0. The zero-order valence-corrected chi connectivity index (χ0v) is 12.7. The van der Waals surface area contributed by atoms with Gasteiger partial charge in [0, 0.05) is 23.7 Å². The van der Waals surface area contributed by atoms with Gasteiger partial charge >= 0.3 is 5.97 Å². The third-order valence-electron chi connectivity index (χ3n) is 5.88. The van der Waals surface area contributed by atoms with E-state index in [0.29, 0.717) is 6.42 Å². The summed E-state index contributed by atoms with van der Waals surface area (Å²) in [6, 6.07) is 0. The van der Waals surface area contributed by atoms with Gasteiger partial charge in [0.1, 0.15) is 11.6 Å². The number of hydrogen-bond acceptors (Lipinski definition) is 5. The van der Waals surface area contributed by atoms with Crippen LogP contribution in [0.5, 0.6) is 0 Å². The second kappa shape index (κ2) is 4.75. The third-order valence-corrected chi connectivity index (χ3v) is 5.88. The molecule has 0 aromatic rings. The van der Waals surface area contributed by atoms with Gasteiger partial charge in [0.2, 0.25) is 0 Å². The quantitative estimate of drug-likeness (QED) is 0.339. The molecule has 0 saturated heterocycles. The van der Waals surface area contributed by atoms with Gasteiger partial charge in [0.15, 0.2) is 6.79 Å². The van der Waals surface area contributed by atoms with Crippen molar-refractivity contribution in [2.45, 2.75) is 26.4 Å². The molecule has 7 atom stereocenters. The molecule has 5 heteroatoms. The minimum atomic E-state index is -0.393. The van der Waals surface area contributed by atoms with Crippen LogP contribution < -0.4 is 0 Å². The predicted octanol–water partition coefficient (Wildman–Crippen LogP) is 1.36. The normalized spacial score (nSPS) is 44.2. The van der Waals surface area contributed by atoms with E-state index in [9.17, 15) is 14.4 Å². The van der Waals surface area contributed by atoms with Crippen molar-refractivity contribution in [3.8, 4) is 0 Å². The lowest BCUT2D eigenvalue weighted by molar-refractivity contribution is -0.167. The van der Waals surface area contributed by atoms with Crippen LogP contribution >= 0.6 is 0 Å². The highest BCUT2D eigenvalue weighted by Crippen LogP contribution is 2.64. The summed E-state index contributed by atoms with van der Waals surface area (Å²) in [5, 5.41) is 0. The van der Waals surface area contributed by atoms with Gasteiger partial charge in [-0.1, -0.05) is 12.2 Å². The Morgan fingerprint density at radius 1 is 1.18 bits per heavy atom. The summed E-state index contributed by atoms with van der Waals surface area (Å²) in [5.74, 6) is -0.871. The fraction of sp³-hybridized carbons (Fsp3) is 0.706. The van der Waals surface area contributed by atoms with E-state index in [0.717, 1.165) is 0 Å². The van der Waals surface area contributed by atoms with Crippen LogP contribution in [0.4, 0.5) is 0 Å². The fourth-order valence-corrected chi connectivity index (χ4v) is 5.11. The summed E-state index contributed by atoms with van der Waals surface area (Å²) in [7, 11) is 0. The first-order valence-electron chi connectivity index (χ1n) is 8.04. The SMILES string of the molecule is CC(C)OCOC(=O)C1CC2C(=O)C1C1C3C=CC(C3=O)C21. The van der Waals surface area contributed by atoms with Crippen molar-refractivity contribution in [2.24, 2.45) is 41.4 Å². The molecule has 4 aliphatic rings. The average molecular weight is 304 g/mol. The Balaban J connectivity index is 1.50. The van der Waals surface area contributed by atoms with Crippen molar-refractivity contribution in [1.29, 1.82) is 0 Å². The van der Waals surface area contributed by atoms with Gasteiger partial charge in [-0.2, -0.15) is 0 Å². The number of carbonyl (C=O) groups excluding carboxylic acids is 3. The molecule has 3 saturated carbocycles. The Bertz CT molecular complexity index is 578. The minimum absolute atomic E-state index is 0.00725. The van der Waals surface area contributed by atoms with E-state index in [1.54, 1.807) is 0 Å². The molecule has 0 N–H and O–H groups in total. The second-order valence-corrected chi connectivity index (χ2v) is 7.17. The van der Waals surface area contributed by atoms with Crippen molar-refractivity contribution in [1.82, 2.24) is 0 Å². The molecule has 5 nitrogen and oxygen atoms in total. The van der Waals surface area contributed by atoms with Crippen molar-refractivity contribution in [2.75, 3.05) is 6.79 Å². The number of ether oxygens (including phenoxy) is 2. The second-order valence-electron chi connectivity index (χ2n) is 7.17. The average Bonchev–Trinajstić information content (AvgIpc) is 3.16. The zero-order chi connectivity index (χ0) is 15.6. The van der Waals surface area contributed by atoms with Crippen molar-refractivity contribution in [3.63, 3.8) is 0 Å². The zero-order valence-electron chi connectivity index (χ0n) is 12.7. The van der Waals surface area contributed by atoms with Gasteiger partial charge in [0.25, 0.3) is 0 Å². The van der Waals surface area contributed by atoms with E-state index in [1.807, 2.05) is 26.0 Å². The molecule has 22 heavy (non-hydrogen) atoms. The van der Waals surface area contributed by atoms with Crippen molar-refractivity contribution >= 4 is 17.5 Å². The molecule has 4 rings (SSSR count). The van der Waals surface area contributed by atoms with E-state index >= 15 is 0 Å². The number of ketones is 2. The molecule has 0 aromatic heterocycles. The number of rotatable bonds is 4. The monoisotopic (exact) mass is 304 g/mol. The molecule has 0 aliphatic heterocycles. The summed E-state index contributed by atoms with van der Waals surface area (Å²) in [4.78, 5) is 37.0. The van der Waals surface area contributed by atoms with Crippen LogP contribution in [0.3, 0.4) is 0 Å². The highest BCUT2D eigenvalue weighted by Gasteiger charge is 2.69. The van der Waals surface area contributed by atoms with Gasteiger partial charge in [-0.3, -0.25) is 14.4 Å². The Labute approximate surface area is 129 Å². The Morgan fingerprint density at radius 2 is 1.86 bits per heavy atom. The Morgan fingerprint density at radius 3 is 2.55 bits per heavy atom. The molecule has 0 heterocycles. The molecule has 0 aromatic carbocycles. The number of Topliss-reactive ketones (excluding diaryl/α,β-unsaturated/α-hetero) is 2. The lowest BCUT2D eigenvalue weighted by atomic mass is 9.69. The smallest absolute Gasteiger partial charge is 0.311 e. The topological polar surface area (TPSA) is 69.7 Å². The number of fused-ring (bicyclic) bond motifs is 9. The number of hydrogen-bond donors (Lipinski definition) is 0. The summed E-state index contributed by atoms with van der Waals surface area (Å²) >= 11 is 0. The largest absolute Gasteiger partial charge is 0.438 e. The van der Waals surface area contributed by atoms with Crippen LogP contribution in [0, 0.1) is 41.4 Å². The van der Waals surface area contributed by atoms with E-state index in [-0.39, 0.29) is 65.9 Å². The predicted molar refractivity (Wildman–Crippen MR) is 75.4 cm³/mol. The third kappa shape index (κ3) is 1.72. The van der Waals surface area contributed by atoms with Crippen LogP contribution in [0.1, 0.15) is 20.3 Å².